The van der Waals surface area contributed by atoms with E-state index >= 15 is 0 Å². The van der Waals surface area contributed by atoms with Gasteiger partial charge in [0.15, 0.2) is 0 Å². The van der Waals surface area contributed by atoms with Crippen molar-refractivity contribution < 1.29 is 4.79 Å². The summed E-state index contributed by atoms with van der Waals surface area (Å²) < 4.78 is 1.78. The van der Waals surface area contributed by atoms with Crippen LogP contribution in [0.15, 0.2) is 18.2 Å². The van der Waals surface area contributed by atoms with E-state index in [4.69, 9.17) is 11.6 Å². The van der Waals surface area contributed by atoms with E-state index in [0.717, 1.165) is 11.0 Å². The van der Waals surface area contributed by atoms with Gasteiger partial charge in [-0.25, -0.2) is 4.98 Å². The summed E-state index contributed by atoms with van der Waals surface area (Å²) in [5.74, 6) is -0.0915. The Morgan fingerprint density at radius 1 is 1.56 bits per heavy atom. The lowest BCUT2D eigenvalue weighted by Gasteiger charge is -2.01. The van der Waals surface area contributed by atoms with Crippen LogP contribution in [0.1, 0.15) is 17.3 Å². The third-order valence-corrected chi connectivity index (χ3v) is 2.76. The number of rotatable bonds is 2. The Hall–Kier alpha value is -1.55. The molecule has 0 spiro atoms. The number of fused-ring (bicyclic) bond motifs is 1. The number of nitrogens with one attached hydrogen (secondary N) is 1. The number of halogens is 1. The van der Waals surface area contributed by atoms with Gasteiger partial charge in [-0.2, -0.15) is 0 Å². The summed E-state index contributed by atoms with van der Waals surface area (Å²) in [5, 5.41) is 3.16. The Morgan fingerprint density at radius 2 is 2.31 bits per heavy atom. The quantitative estimate of drug-likeness (QED) is 0.868. The maximum atomic E-state index is 11.6. The fourth-order valence-corrected chi connectivity index (χ4v) is 1.76. The van der Waals surface area contributed by atoms with E-state index in [1.165, 1.54) is 0 Å². The molecule has 0 aliphatic heterocycles. The lowest BCUT2D eigenvalue weighted by molar-refractivity contribution is 0.0956. The molecule has 1 N–H and O–H groups in total. The molecule has 0 radical (unpaired) electrons. The average Bonchev–Trinajstić information content (AvgIpc) is 2.55. The van der Waals surface area contributed by atoms with Crippen LogP contribution in [0.2, 0.25) is 5.28 Å². The SMILES string of the molecule is CCNC(=O)c1ccc2c(c1)nc(Cl)n2C. The van der Waals surface area contributed by atoms with Crippen molar-refractivity contribution in [3.63, 3.8) is 0 Å². The summed E-state index contributed by atoms with van der Waals surface area (Å²) >= 11 is 5.90. The number of aromatic nitrogens is 2. The summed E-state index contributed by atoms with van der Waals surface area (Å²) in [5.41, 5.74) is 2.25. The Morgan fingerprint density at radius 3 is 3.00 bits per heavy atom. The first kappa shape index (κ1) is 11.0. The number of aryl methyl sites for hydroxylation is 1. The summed E-state index contributed by atoms with van der Waals surface area (Å²) in [6, 6.07) is 5.36. The molecule has 0 unspecified atom stereocenters. The molecule has 84 valence electrons. The van der Waals surface area contributed by atoms with Crippen molar-refractivity contribution >= 4 is 28.5 Å². The monoisotopic (exact) mass is 237 g/mol. The lowest BCUT2D eigenvalue weighted by atomic mass is 10.2. The number of carbonyl (C=O) groups excluding carboxylic acids is 1. The second-order valence-corrected chi connectivity index (χ2v) is 3.84. The Bertz CT molecular complexity index is 547. The van der Waals surface area contributed by atoms with Crippen LogP contribution in [0, 0.1) is 0 Å². The van der Waals surface area contributed by atoms with Gasteiger partial charge < -0.3 is 9.88 Å². The predicted octanol–water partition coefficient (Wildman–Crippen LogP) is 1.98. The number of nitrogens with zero attached hydrogens (tertiary/aromatic N) is 2. The third kappa shape index (κ3) is 1.76. The number of hydrogen-bond acceptors (Lipinski definition) is 2. The van der Waals surface area contributed by atoms with Crippen molar-refractivity contribution in [1.29, 1.82) is 0 Å². The standard InChI is InChI=1S/C11H12ClN3O/c1-3-13-10(16)7-4-5-9-8(6-7)14-11(12)15(9)2/h4-6H,3H2,1-2H3,(H,13,16). The largest absolute Gasteiger partial charge is 0.352 e. The van der Waals surface area contributed by atoms with Gasteiger partial charge in [-0.3, -0.25) is 4.79 Å². The summed E-state index contributed by atoms with van der Waals surface area (Å²) in [7, 11) is 1.84. The number of hydrogen-bond donors (Lipinski definition) is 1. The topological polar surface area (TPSA) is 46.9 Å². The zero-order valence-electron chi connectivity index (χ0n) is 9.12. The van der Waals surface area contributed by atoms with E-state index < -0.39 is 0 Å². The van der Waals surface area contributed by atoms with Crippen LogP contribution in [0.5, 0.6) is 0 Å². The highest BCUT2D eigenvalue weighted by Gasteiger charge is 2.09. The molecule has 0 saturated carbocycles. The zero-order chi connectivity index (χ0) is 11.7. The van der Waals surface area contributed by atoms with Gasteiger partial charge in [-0.05, 0) is 36.7 Å². The maximum Gasteiger partial charge on any atom is 0.251 e. The van der Waals surface area contributed by atoms with Crippen LogP contribution >= 0.6 is 11.6 Å². The molecular formula is C11H12ClN3O. The van der Waals surface area contributed by atoms with Crippen molar-refractivity contribution in [1.82, 2.24) is 14.9 Å². The van der Waals surface area contributed by atoms with E-state index in [-0.39, 0.29) is 5.91 Å². The van der Waals surface area contributed by atoms with Crippen LogP contribution in [0.4, 0.5) is 0 Å². The van der Waals surface area contributed by atoms with Crippen LogP contribution in [0.3, 0.4) is 0 Å². The zero-order valence-corrected chi connectivity index (χ0v) is 9.88. The lowest BCUT2D eigenvalue weighted by Crippen LogP contribution is -2.22. The summed E-state index contributed by atoms with van der Waals surface area (Å²) in [4.78, 5) is 15.8. The molecule has 5 heteroatoms. The van der Waals surface area contributed by atoms with Crippen molar-refractivity contribution in [2.24, 2.45) is 7.05 Å². The fraction of sp³-hybridized carbons (Fsp3) is 0.273. The number of imidazole rings is 1. The van der Waals surface area contributed by atoms with Crippen LogP contribution in [0.25, 0.3) is 11.0 Å². The van der Waals surface area contributed by atoms with Crippen molar-refractivity contribution in [3.05, 3.63) is 29.0 Å². The van der Waals surface area contributed by atoms with Gasteiger partial charge in [-0.1, -0.05) is 0 Å². The summed E-state index contributed by atoms with van der Waals surface area (Å²) in [6.07, 6.45) is 0. The smallest absolute Gasteiger partial charge is 0.251 e. The van der Waals surface area contributed by atoms with Gasteiger partial charge in [0, 0.05) is 19.2 Å². The van der Waals surface area contributed by atoms with Gasteiger partial charge in [-0.15, -0.1) is 0 Å². The second kappa shape index (κ2) is 4.14. The molecule has 1 amide bonds. The highest BCUT2D eigenvalue weighted by atomic mass is 35.5. The van der Waals surface area contributed by atoms with Gasteiger partial charge in [0.2, 0.25) is 5.28 Å². The first-order valence-corrected chi connectivity index (χ1v) is 5.41. The van der Waals surface area contributed by atoms with E-state index in [1.54, 1.807) is 16.7 Å². The normalized spacial score (nSPS) is 10.7. The number of carbonyl (C=O) groups is 1. The average molecular weight is 238 g/mol. The number of amides is 1. The van der Waals surface area contributed by atoms with E-state index in [0.29, 0.717) is 17.4 Å². The minimum Gasteiger partial charge on any atom is -0.352 e. The highest BCUT2D eigenvalue weighted by molar-refractivity contribution is 6.29. The molecule has 0 atom stereocenters. The van der Waals surface area contributed by atoms with E-state index in [9.17, 15) is 4.79 Å². The maximum absolute atomic E-state index is 11.6. The molecule has 0 aliphatic rings. The van der Waals surface area contributed by atoms with E-state index in [1.807, 2.05) is 20.0 Å². The van der Waals surface area contributed by atoms with Crippen molar-refractivity contribution in [2.45, 2.75) is 6.92 Å². The van der Waals surface area contributed by atoms with Crippen LogP contribution in [-0.4, -0.2) is 22.0 Å². The van der Waals surface area contributed by atoms with E-state index in [2.05, 4.69) is 10.3 Å². The van der Waals surface area contributed by atoms with Gasteiger partial charge >= 0.3 is 0 Å². The third-order valence-electron chi connectivity index (χ3n) is 2.43. The van der Waals surface area contributed by atoms with Crippen molar-refractivity contribution in [2.75, 3.05) is 6.54 Å². The van der Waals surface area contributed by atoms with Gasteiger partial charge in [0.25, 0.3) is 5.91 Å². The molecular weight excluding hydrogens is 226 g/mol. The Kier molecular flexibility index (Phi) is 2.83. The molecule has 1 heterocycles. The molecule has 1 aromatic heterocycles. The van der Waals surface area contributed by atoms with Crippen LogP contribution < -0.4 is 5.32 Å². The van der Waals surface area contributed by atoms with Gasteiger partial charge in [0.1, 0.15) is 0 Å². The van der Waals surface area contributed by atoms with Gasteiger partial charge in [0.05, 0.1) is 11.0 Å². The first-order valence-electron chi connectivity index (χ1n) is 5.03. The second-order valence-electron chi connectivity index (χ2n) is 3.50. The minimum absolute atomic E-state index is 0.0915. The number of benzene rings is 1. The van der Waals surface area contributed by atoms with Crippen LogP contribution in [-0.2, 0) is 7.05 Å². The molecule has 16 heavy (non-hydrogen) atoms. The molecule has 1 aromatic carbocycles. The predicted molar refractivity (Wildman–Crippen MR) is 63.7 cm³/mol. The Balaban J connectivity index is 2.48. The van der Waals surface area contributed by atoms with Crippen molar-refractivity contribution in [3.8, 4) is 0 Å². The fourth-order valence-electron chi connectivity index (χ4n) is 1.57. The first-order chi connectivity index (χ1) is 7.63. The highest BCUT2D eigenvalue weighted by Crippen LogP contribution is 2.19. The molecule has 2 aromatic rings. The molecule has 0 aliphatic carbocycles. The Labute approximate surface area is 98.2 Å². The molecule has 0 fully saturated rings. The molecule has 0 bridgehead atoms. The molecule has 0 saturated heterocycles. The minimum atomic E-state index is -0.0915. The molecule has 4 nitrogen and oxygen atoms in total. The molecule has 2 rings (SSSR count). The summed E-state index contributed by atoms with van der Waals surface area (Å²) in [6.45, 7) is 2.49.